The normalized spacial score (nSPS) is 17.0. The van der Waals surface area contributed by atoms with Gasteiger partial charge in [-0.15, -0.1) is 0 Å². The zero-order valence-corrected chi connectivity index (χ0v) is 15.5. The molecular formula is C19H13NO5S2. The van der Waals surface area contributed by atoms with E-state index in [9.17, 15) is 9.59 Å². The first-order valence-electron chi connectivity index (χ1n) is 7.99. The molecule has 4 rings (SSSR count). The van der Waals surface area contributed by atoms with Crippen LogP contribution in [0.15, 0.2) is 47.4 Å². The zero-order valence-electron chi connectivity index (χ0n) is 13.9. The molecule has 0 aromatic heterocycles. The van der Waals surface area contributed by atoms with Gasteiger partial charge in [-0.25, -0.2) is 0 Å². The summed E-state index contributed by atoms with van der Waals surface area (Å²) in [5.41, 5.74) is 2.09. The minimum atomic E-state index is -0.903. The van der Waals surface area contributed by atoms with Gasteiger partial charge in [0.2, 0.25) is 6.79 Å². The molecule has 2 heterocycles. The molecule has 0 atom stereocenters. The van der Waals surface area contributed by atoms with Gasteiger partial charge in [0.1, 0.15) is 0 Å². The van der Waals surface area contributed by atoms with E-state index in [1.807, 2.05) is 12.1 Å². The highest BCUT2D eigenvalue weighted by Crippen LogP contribution is 2.38. The van der Waals surface area contributed by atoms with Gasteiger partial charge in [0.25, 0.3) is 5.91 Å². The van der Waals surface area contributed by atoms with E-state index < -0.39 is 5.97 Å². The molecule has 1 saturated heterocycles. The summed E-state index contributed by atoms with van der Waals surface area (Å²) in [5, 5.41) is 8.85. The smallest absolute Gasteiger partial charge is 0.307 e. The van der Waals surface area contributed by atoms with E-state index in [2.05, 4.69) is 0 Å². The number of hydrogen-bond acceptors (Lipinski definition) is 6. The lowest BCUT2D eigenvalue weighted by Crippen LogP contribution is -2.27. The molecule has 2 aliphatic rings. The maximum absolute atomic E-state index is 12.8. The van der Waals surface area contributed by atoms with E-state index >= 15 is 0 Å². The third-order valence-corrected chi connectivity index (χ3v) is 5.34. The highest BCUT2D eigenvalue weighted by molar-refractivity contribution is 8.27. The van der Waals surface area contributed by atoms with Gasteiger partial charge in [0, 0.05) is 0 Å². The maximum atomic E-state index is 12.8. The standard InChI is InChI=1S/C19H13NO5S2/c21-17(22)9-11-1-4-13(5-2-11)20-18(23)16(27-19(20)26)8-12-3-6-14-15(7-12)25-10-24-14/h1-8H,9-10H2,(H,21,22)/b16-8-. The number of carbonyl (C=O) groups excluding carboxylic acids is 1. The number of carboxylic acid groups (broad SMARTS) is 1. The summed E-state index contributed by atoms with van der Waals surface area (Å²) < 4.78 is 11.1. The van der Waals surface area contributed by atoms with E-state index in [0.29, 0.717) is 32.0 Å². The first-order chi connectivity index (χ1) is 13.0. The van der Waals surface area contributed by atoms with Crippen molar-refractivity contribution in [2.45, 2.75) is 6.42 Å². The number of amides is 1. The Morgan fingerprint density at radius 2 is 1.93 bits per heavy atom. The molecule has 0 aliphatic carbocycles. The fourth-order valence-electron chi connectivity index (χ4n) is 2.78. The number of nitrogens with zero attached hydrogens (tertiary/aromatic N) is 1. The molecule has 2 aromatic carbocycles. The molecule has 8 heteroatoms. The highest BCUT2D eigenvalue weighted by atomic mass is 32.2. The Labute approximate surface area is 164 Å². The number of thiocarbonyl (C=S) groups is 1. The Morgan fingerprint density at radius 3 is 2.67 bits per heavy atom. The first-order valence-corrected chi connectivity index (χ1v) is 9.22. The van der Waals surface area contributed by atoms with Gasteiger partial charge in [-0.3, -0.25) is 14.5 Å². The molecule has 0 spiro atoms. The lowest BCUT2D eigenvalue weighted by Gasteiger charge is -2.14. The summed E-state index contributed by atoms with van der Waals surface area (Å²) in [7, 11) is 0. The largest absolute Gasteiger partial charge is 0.481 e. The maximum Gasteiger partial charge on any atom is 0.307 e. The fraction of sp³-hybridized carbons (Fsp3) is 0.105. The van der Waals surface area contributed by atoms with Crippen LogP contribution in [0.5, 0.6) is 11.5 Å². The average molecular weight is 399 g/mol. The lowest BCUT2D eigenvalue weighted by molar-refractivity contribution is -0.136. The van der Waals surface area contributed by atoms with Gasteiger partial charge in [0.15, 0.2) is 15.8 Å². The minimum absolute atomic E-state index is 0.0668. The van der Waals surface area contributed by atoms with Gasteiger partial charge in [0.05, 0.1) is 17.0 Å². The number of carboxylic acids is 1. The summed E-state index contributed by atoms with van der Waals surface area (Å²) in [6, 6.07) is 12.2. The number of ether oxygens (including phenoxy) is 2. The van der Waals surface area contributed by atoms with Crippen molar-refractivity contribution in [1.82, 2.24) is 0 Å². The number of aliphatic carboxylic acids is 1. The summed E-state index contributed by atoms with van der Waals surface area (Å²) in [5.74, 6) is 0.211. The second-order valence-electron chi connectivity index (χ2n) is 5.87. The average Bonchev–Trinajstić information content (AvgIpc) is 3.20. The summed E-state index contributed by atoms with van der Waals surface area (Å²) in [6.45, 7) is 0.193. The van der Waals surface area contributed by atoms with E-state index in [1.54, 1.807) is 36.4 Å². The molecule has 1 fully saturated rings. The van der Waals surface area contributed by atoms with Crippen molar-refractivity contribution >= 4 is 51.9 Å². The molecule has 6 nitrogen and oxygen atoms in total. The quantitative estimate of drug-likeness (QED) is 0.623. The van der Waals surface area contributed by atoms with E-state index in [4.69, 9.17) is 26.8 Å². The van der Waals surface area contributed by atoms with Crippen LogP contribution >= 0.6 is 24.0 Å². The zero-order chi connectivity index (χ0) is 19.0. The molecule has 0 unspecified atom stereocenters. The number of benzene rings is 2. The van der Waals surface area contributed by atoms with Gasteiger partial charge < -0.3 is 14.6 Å². The van der Waals surface area contributed by atoms with E-state index in [0.717, 1.165) is 5.56 Å². The first kappa shape index (κ1) is 17.6. The summed E-state index contributed by atoms with van der Waals surface area (Å²) in [6.07, 6.45) is 1.70. The molecular weight excluding hydrogens is 386 g/mol. The van der Waals surface area contributed by atoms with Crippen molar-refractivity contribution < 1.29 is 24.2 Å². The van der Waals surface area contributed by atoms with Crippen molar-refractivity contribution in [2.75, 3.05) is 11.7 Å². The van der Waals surface area contributed by atoms with Gasteiger partial charge >= 0.3 is 5.97 Å². The van der Waals surface area contributed by atoms with Crippen LogP contribution in [-0.4, -0.2) is 28.1 Å². The summed E-state index contributed by atoms with van der Waals surface area (Å²) in [4.78, 5) is 25.6. The number of thioether (sulfide) groups is 1. The van der Waals surface area contributed by atoms with Crippen molar-refractivity contribution in [3.8, 4) is 11.5 Å². The van der Waals surface area contributed by atoms with Crippen molar-refractivity contribution in [3.05, 3.63) is 58.5 Å². The molecule has 1 amide bonds. The van der Waals surface area contributed by atoms with Crippen molar-refractivity contribution in [1.29, 1.82) is 0 Å². The topological polar surface area (TPSA) is 76.1 Å². The van der Waals surface area contributed by atoms with Crippen LogP contribution < -0.4 is 14.4 Å². The van der Waals surface area contributed by atoms with Crippen molar-refractivity contribution in [3.63, 3.8) is 0 Å². The minimum Gasteiger partial charge on any atom is -0.481 e. The molecule has 0 saturated carbocycles. The van der Waals surface area contributed by atoms with E-state index in [-0.39, 0.29) is 19.1 Å². The Bertz CT molecular complexity index is 984. The SMILES string of the molecule is O=C(O)Cc1ccc(N2C(=O)/C(=C/c3ccc4c(c3)OCO4)SC2=S)cc1. The van der Waals surface area contributed by atoms with Crippen LogP contribution in [-0.2, 0) is 16.0 Å². The Morgan fingerprint density at radius 1 is 1.19 bits per heavy atom. The van der Waals surface area contributed by atoms with Crippen LogP contribution in [0.4, 0.5) is 5.69 Å². The number of anilines is 1. The molecule has 136 valence electrons. The molecule has 0 bridgehead atoms. The van der Waals surface area contributed by atoms with Crippen LogP contribution in [0, 0.1) is 0 Å². The number of fused-ring (bicyclic) bond motifs is 1. The predicted molar refractivity (Wildman–Crippen MR) is 106 cm³/mol. The fourth-order valence-corrected chi connectivity index (χ4v) is 4.08. The number of rotatable bonds is 4. The third-order valence-electron chi connectivity index (χ3n) is 4.04. The molecule has 0 radical (unpaired) electrons. The molecule has 27 heavy (non-hydrogen) atoms. The summed E-state index contributed by atoms with van der Waals surface area (Å²) >= 11 is 6.59. The van der Waals surface area contributed by atoms with Crippen LogP contribution in [0.3, 0.4) is 0 Å². The van der Waals surface area contributed by atoms with Crippen LogP contribution in [0.25, 0.3) is 6.08 Å². The second kappa shape index (κ2) is 7.05. The second-order valence-corrected chi connectivity index (χ2v) is 7.54. The monoisotopic (exact) mass is 399 g/mol. The Hall–Kier alpha value is -2.84. The van der Waals surface area contributed by atoms with Gasteiger partial charge in [-0.2, -0.15) is 0 Å². The molecule has 2 aliphatic heterocycles. The Balaban J connectivity index is 1.57. The number of carbonyl (C=O) groups is 2. The number of hydrogen-bond donors (Lipinski definition) is 1. The van der Waals surface area contributed by atoms with Crippen LogP contribution in [0.1, 0.15) is 11.1 Å². The third kappa shape index (κ3) is 3.54. The predicted octanol–water partition coefficient (Wildman–Crippen LogP) is 3.45. The van der Waals surface area contributed by atoms with Crippen molar-refractivity contribution in [2.24, 2.45) is 0 Å². The molecule has 1 N–H and O–H groups in total. The molecule has 2 aromatic rings. The van der Waals surface area contributed by atoms with Gasteiger partial charge in [-0.1, -0.05) is 42.2 Å². The van der Waals surface area contributed by atoms with Crippen LogP contribution in [0.2, 0.25) is 0 Å². The Kier molecular flexibility index (Phi) is 4.59. The highest BCUT2D eigenvalue weighted by Gasteiger charge is 2.33. The lowest BCUT2D eigenvalue weighted by atomic mass is 10.1. The van der Waals surface area contributed by atoms with E-state index in [1.165, 1.54) is 16.7 Å². The van der Waals surface area contributed by atoms with Gasteiger partial charge in [-0.05, 0) is 41.5 Å².